The van der Waals surface area contributed by atoms with Crippen LogP contribution in [0.1, 0.15) is 6.92 Å². The van der Waals surface area contributed by atoms with E-state index in [1.54, 1.807) is 0 Å². The van der Waals surface area contributed by atoms with Crippen molar-refractivity contribution in [2.45, 2.75) is 6.92 Å². The topological polar surface area (TPSA) is 12.0 Å². The predicted molar refractivity (Wildman–Crippen MR) is 80.3 cm³/mol. The minimum absolute atomic E-state index is 0.567. The number of hydrogen-bond donors (Lipinski definition) is 2. The van der Waals surface area contributed by atoms with Crippen LogP contribution in [-0.4, -0.2) is 10.9 Å². The second-order valence-corrected chi connectivity index (χ2v) is 1.99. The molecule has 0 unspecified atom stereocenters. The van der Waals surface area contributed by atoms with Crippen LogP contribution in [0.15, 0.2) is 52.6 Å². The van der Waals surface area contributed by atoms with Gasteiger partial charge in [-0.2, -0.15) is 0 Å². The van der Waals surface area contributed by atoms with Crippen LogP contribution in [0.5, 0.6) is 0 Å². The number of thiol groups is 1. The molecule has 0 aromatic carbocycles. The molecule has 0 bridgehead atoms. The molecule has 84 valence electrons. The molecule has 0 amide bonds. The summed E-state index contributed by atoms with van der Waals surface area (Å²) in [6.07, 6.45) is 0. The van der Waals surface area contributed by atoms with Crippen molar-refractivity contribution in [2.75, 3.05) is 6.54 Å². The van der Waals surface area contributed by atoms with E-state index in [-0.39, 0.29) is 0 Å². The molecule has 3 heteroatoms. The summed E-state index contributed by atoms with van der Waals surface area (Å²) in [6, 6.07) is 0. The van der Waals surface area contributed by atoms with Gasteiger partial charge in [0, 0.05) is 6.54 Å². The van der Waals surface area contributed by atoms with Gasteiger partial charge < -0.3 is 5.32 Å². The third kappa shape index (κ3) is 241. The maximum absolute atomic E-state index is 4.55. The average molecular weight is 233 g/mol. The van der Waals surface area contributed by atoms with Gasteiger partial charge >= 0.3 is 0 Å². The zero-order chi connectivity index (χ0) is 13.0. The summed E-state index contributed by atoms with van der Waals surface area (Å²) in [5.41, 5.74) is 0. The Bertz CT molecular complexity index is 87.3. The SMILES string of the molecule is C=C.C=C.C=C.C=C.CCNC(=S)S. The summed E-state index contributed by atoms with van der Waals surface area (Å²) in [6.45, 7) is 26.8. The van der Waals surface area contributed by atoms with E-state index in [1.165, 1.54) is 0 Å². The average Bonchev–Trinajstić information content (AvgIpc) is 2.29. The predicted octanol–water partition coefficient (Wildman–Crippen LogP) is 4.02. The van der Waals surface area contributed by atoms with Crippen molar-refractivity contribution < 1.29 is 0 Å². The third-order valence-corrected chi connectivity index (χ3v) is 0.630. The molecule has 0 spiro atoms. The van der Waals surface area contributed by atoms with Crippen molar-refractivity contribution in [1.29, 1.82) is 0 Å². The summed E-state index contributed by atoms with van der Waals surface area (Å²) in [5, 5.41) is 2.80. The monoisotopic (exact) mass is 233 g/mol. The molecular formula is C11H23NS2. The normalized spacial score (nSPS) is 4.43. The lowest BCUT2D eigenvalue weighted by atomic mass is 10.8. The van der Waals surface area contributed by atoms with Crippen molar-refractivity contribution in [3.8, 4) is 0 Å². The fraction of sp³-hybridized carbons (Fsp3) is 0.182. The van der Waals surface area contributed by atoms with Crippen molar-refractivity contribution in [3.05, 3.63) is 52.6 Å². The Labute approximate surface area is 101 Å². The Morgan fingerprint density at radius 2 is 1.21 bits per heavy atom. The van der Waals surface area contributed by atoms with Crippen LogP contribution in [-0.2, 0) is 0 Å². The van der Waals surface area contributed by atoms with E-state index < -0.39 is 0 Å². The minimum Gasteiger partial charge on any atom is -0.371 e. The van der Waals surface area contributed by atoms with Gasteiger partial charge in [0.1, 0.15) is 4.32 Å². The van der Waals surface area contributed by atoms with E-state index in [9.17, 15) is 0 Å². The lowest BCUT2D eigenvalue weighted by Gasteiger charge is -1.91. The summed E-state index contributed by atoms with van der Waals surface area (Å²) in [7, 11) is 0. The summed E-state index contributed by atoms with van der Waals surface area (Å²) in [4.78, 5) is 0. The molecule has 0 aliphatic carbocycles. The molecule has 0 rings (SSSR count). The Balaban J connectivity index is -0.0000000287. The van der Waals surface area contributed by atoms with Crippen molar-refractivity contribution in [3.63, 3.8) is 0 Å². The minimum atomic E-state index is 0.567. The van der Waals surface area contributed by atoms with E-state index in [0.29, 0.717) is 4.32 Å². The van der Waals surface area contributed by atoms with Gasteiger partial charge in [-0.15, -0.1) is 65.3 Å². The molecule has 0 aromatic rings. The lowest BCUT2D eigenvalue weighted by Crippen LogP contribution is -2.14. The first-order valence-corrected chi connectivity index (χ1v) is 4.59. The van der Waals surface area contributed by atoms with Gasteiger partial charge in [0.05, 0.1) is 0 Å². The van der Waals surface area contributed by atoms with Gasteiger partial charge in [-0.25, -0.2) is 0 Å². The molecule has 1 N–H and O–H groups in total. The van der Waals surface area contributed by atoms with E-state index >= 15 is 0 Å². The third-order valence-electron chi connectivity index (χ3n) is 0.328. The second kappa shape index (κ2) is 86.8. The summed E-state index contributed by atoms with van der Waals surface area (Å²) in [5.74, 6) is 0. The molecule has 0 aliphatic rings. The number of nitrogens with one attached hydrogen (secondary N) is 1. The molecule has 0 saturated heterocycles. The Morgan fingerprint density at radius 3 is 1.21 bits per heavy atom. The van der Waals surface area contributed by atoms with E-state index in [4.69, 9.17) is 0 Å². The van der Waals surface area contributed by atoms with Crippen LogP contribution in [0, 0.1) is 0 Å². The van der Waals surface area contributed by atoms with E-state index in [2.05, 4.69) is 82.8 Å². The molecule has 0 saturated carbocycles. The van der Waals surface area contributed by atoms with Gasteiger partial charge in [-0.05, 0) is 6.92 Å². The number of rotatable bonds is 1. The summed E-state index contributed by atoms with van der Waals surface area (Å²) >= 11 is 8.35. The highest BCUT2D eigenvalue weighted by Gasteiger charge is 1.74. The fourth-order valence-corrected chi connectivity index (χ4v) is 0.454. The smallest absolute Gasteiger partial charge is 0.130 e. The van der Waals surface area contributed by atoms with Crippen LogP contribution in [0.3, 0.4) is 0 Å². The largest absolute Gasteiger partial charge is 0.371 e. The zero-order valence-electron chi connectivity index (χ0n) is 9.22. The first-order valence-electron chi connectivity index (χ1n) is 3.74. The molecule has 1 nitrogen and oxygen atoms in total. The van der Waals surface area contributed by atoms with Crippen LogP contribution >= 0.6 is 24.8 Å². The van der Waals surface area contributed by atoms with Crippen molar-refractivity contribution in [1.82, 2.24) is 5.32 Å². The fourth-order valence-electron chi connectivity index (χ4n) is 0.151. The molecule has 0 aliphatic heterocycles. The van der Waals surface area contributed by atoms with Crippen LogP contribution in [0.2, 0.25) is 0 Å². The Morgan fingerprint density at radius 1 is 1.00 bits per heavy atom. The molecule has 0 heterocycles. The highest BCUT2D eigenvalue weighted by Crippen LogP contribution is 1.72. The highest BCUT2D eigenvalue weighted by atomic mass is 32.1. The highest BCUT2D eigenvalue weighted by molar-refractivity contribution is 8.11. The molecule has 0 fully saturated rings. The van der Waals surface area contributed by atoms with Gasteiger partial charge in [0.2, 0.25) is 0 Å². The zero-order valence-corrected chi connectivity index (χ0v) is 10.9. The molecule has 0 radical (unpaired) electrons. The van der Waals surface area contributed by atoms with Crippen LogP contribution in [0.25, 0.3) is 0 Å². The van der Waals surface area contributed by atoms with Crippen LogP contribution in [0.4, 0.5) is 0 Å². The van der Waals surface area contributed by atoms with Gasteiger partial charge in [0.25, 0.3) is 0 Å². The van der Waals surface area contributed by atoms with Gasteiger partial charge in [-0.3, -0.25) is 0 Å². The number of hydrogen-bond acceptors (Lipinski definition) is 1. The molecule has 14 heavy (non-hydrogen) atoms. The van der Waals surface area contributed by atoms with E-state index in [0.717, 1.165) is 6.54 Å². The maximum atomic E-state index is 4.55. The Kier molecular flexibility index (Phi) is 181. The first kappa shape index (κ1) is 29.2. The molecule has 0 aromatic heterocycles. The quantitative estimate of drug-likeness (QED) is 0.403. The van der Waals surface area contributed by atoms with Gasteiger partial charge in [-0.1, -0.05) is 12.2 Å². The standard InChI is InChI=1S/C3H7NS2.4C2H4/c1-2-4-3(5)6;4*1-2/h2H2,1H3,(H2,4,5,6);4*1-2H2. The Hall–Kier alpha value is -0.800. The van der Waals surface area contributed by atoms with Crippen LogP contribution < -0.4 is 5.32 Å². The molecule has 0 atom stereocenters. The van der Waals surface area contributed by atoms with Crippen molar-refractivity contribution >= 4 is 29.2 Å². The number of thiocarbonyl (C=S) groups is 1. The second-order valence-electron chi connectivity index (χ2n) is 0.835. The molecular weight excluding hydrogens is 210 g/mol. The lowest BCUT2D eigenvalue weighted by molar-refractivity contribution is 0.996. The summed E-state index contributed by atoms with van der Waals surface area (Å²) < 4.78 is 0.567. The van der Waals surface area contributed by atoms with Crippen molar-refractivity contribution in [2.24, 2.45) is 0 Å². The van der Waals surface area contributed by atoms with Gasteiger partial charge in [0.15, 0.2) is 0 Å². The maximum Gasteiger partial charge on any atom is 0.130 e. The first-order chi connectivity index (χ1) is 6.77. The van der Waals surface area contributed by atoms with E-state index in [1.807, 2.05) is 6.92 Å².